The maximum Gasteiger partial charge on any atom is 0.406 e. The molecule has 1 aliphatic rings. The Kier molecular flexibility index (Phi) is 5.24. The second kappa shape index (κ2) is 6.32. The van der Waals surface area contributed by atoms with E-state index in [9.17, 15) is 22.8 Å². The largest absolute Gasteiger partial charge is 0.480 e. The van der Waals surface area contributed by atoms with E-state index in [4.69, 9.17) is 5.11 Å². The number of alkyl halides is 3. The van der Waals surface area contributed by atoms with Gasteiger partial charge in [-0.1, -0.05) is 6.92 Å². The molecule has 8 heteroatoms. The van der Waals surface area contributed by atoms with Crippen molar-refractivity contribution in [2.75, 3.05) is 13.1 Å². The van der Waals surface area contributed by atoms with Crippen LogP contribution in [0.25, 0.3) is 0 Å². The van der Waals surface area contributed by atoms with E-state index >= 15 is 0 Å². The smallest absolute Gasteiger partial charge is 0.406 e. The molecule has 1 fully saturated rings. The fraction of sp³-hybridized carbons (Fsp3) is 0.833. The monoisotopic (exact) mass is 296 g/mol. The SMILES string of the molecule is CCC1CCC(C)N1C(=O)N(CC(=O)O)CC(F)(F)F. The Balaban J connectivity index is 2.88. The number of hydrogen-bond donors (Lipinski definition) is 1. The predicted molar refractivity (Wildman–Crippen MR) is 65.3 cm³/mol. The zero-order valence-corrected chi connectivity index (χ0v) is 11.5. The Morgan fingerprint density at radius 3 is 2.40 bits per heavy atom. The molecule has 0 radical (unpaired) electrons. The lowest BCUT2D eigenvalue weighted by atomic mass is 10.2. The van der Waals surface area contributed by atoms with Gasteiger partial charge in [0.05, 0.1) is 0 Å². The molecule has 2 unspecified atom stereocenters. The topological polar surface area (TPSA) is 60.9 Å². The molecule has 116 valence electrons. The van der Waals surface area contributed by atoms with Crippen molar-refractivity contribution < 1.29 is 27.9 Å². The van der Waals surface area contributed by atoms with E-state index in [0.717, 1.165) is 12.8 Å². The summed E-state index contributed by atoms with van der Waals surface area (Å²) in [6.07, 6.45) is -2.52. The first kappa shape index (κ1) is 16.6. The molecule has 0 aromatic carbocycles. The number of amides is 2. The summed E-state index contributed by atoms with van der Waals surface area (Å²) in [7, 11) is 0. The Hall–Kier alpha value is -1.47. The zero-order valence-electron chi connectivity index (χ0n) is 11.5. The van der Waals surface area contributed by atoms with Crippen LogP contribution in [0.3, 0.4) is 0 Å². The van der Waals surface area contributed by atoms with Crippen molar-refractivity contribution in [3.05, 3.63) is 0 Å². The number of hydrogen-bond acceptors (Lipinski definition) is 2. The lowest BCUT2D eigenvalue weighted by molar-refractivity contribution is -0.150. The summed E-state index contributed by atoms with van der Waals surface area (Å²) in [6.45, 7) is 1.13. The Morgan fingerprint density at radius 1 is 1.35 bits per heavy atom. The summed E-state index contributed by atoms with van der Waals surface area (Å²) < 4.78 is 37.4. The highest BCUT2D eigenvalue weighted by atomic mass is 19.4. The maximum atomic E-state index is 12.5. The van der Waals surface area contributed by atoms with Crippen molar-refractivity contribution in [1.29, 1.82) is 0 Å². The van der Waals surface area contributed by atoms with E-state index in [1.54, 1.807) is 6.92 Å². The first-order chi connectivity index (χ1) is 9.15. The molecule has 0 spiro atoms. The van der Waals surface area contributed by atoms with Crippen molar-refractivity contribution in [3.63, 3.8) is 0 Å². The van der Waals surface area contributed by atoms with Crippen LogP contribution in [0.4, 0.5) is 18.0 Å². The Labute approximate surface area is 115 Å². The third-order valence-electron chi connectivity index (χ3n) is 3.44. The zero-order chi connectivity index (χ0) is 15.5. The molecule has 0 bridgehead atoms. The number of aliphatic carboxylic acids is 1. The van der Waals surface area contributed by atoms with Crippen molar-refractivity contribution in [2.24, 2.45) is 0 Å². The second-order valence-corrected chi connectivity index (χ2v) is 5.04. The van der Waals surface area contributed by atoms with Crippen LogP contribution in [-0.2, 0) is 4.79 Å². The van der Waals surface area contributed by atoms with Crippen molar-refractivity contribution in [1.82, 2.24) is 9.80 Å². The number of nitrogens with zero attached hydrogens (tertiary/aromatic N) is 2. The molecule has 2 atom stereocenters. The minimum atomic E-state index is -4.62. The lowest BCUT2D eigenvalue weighted by Gasteiger charge is -2.33. The van der Waals surface area contributed by atoms with Crippen LogP contribution < -0.4 is 0 Å². The molecule has 1 saturated heterocycles. The second-order valence-electron chi connectivity index (χ2n) is 5.04. The third-order valence-corrected chi connectivity index (χ3v) is 3.44. The third kappa shape index (κ3) is 4.28. The number of carboxylic acids is 1. The molecule has 0 aliphatic carbocycles. The molecule has 1 rings (SSSR count). The molecule has 0 aromatic heterocycles. The molecule has 20 heavy (non-hydrogen) atoms. The van der Waals surface area contributed by atoms with Gasteiger partial charge in [0.25, 0.3) is 0 Å². The van der Waals surface area contributed by atoms with Crippen LogP contribution in [-0.4, -0.2) is 58.3 Å². The normalized spacial score (nSPS) is 22.9. The number of carboxylic acid groups (broad SMARTS) is 1. The van der Waals surface area contributed by atoms with Crippen LogP contribution in [0.15, 0.2) is 0 Å². The van der Waals surface area contributed by atoms with Gasteiger partial charge in [-0.05, 0) is 26.2 Å². The van der Waals surface area contributed by atoms with Gasteiger partial charge in [0, 0.05) is 12.1 Å². The number of urea groups is 1. The molecule has 1 heterocycles. The number of rotatable bonds is 4. The molecule has 2 amide bonds. The van der Waals surface area contributed by atoms with Gasteiger partial charge in [-0.2, -0.15) is 13.2 Å². The number of likely N-dealkylation sites (tertiary alicyclic amines) is 1. The average molecular weight is 296 g/mol. The summed E-state index contributed by atoms with van der Waals surface area (Å²) in [5.41, 5.74) is 0. The van der Waals surface area contributed by atoms with Crippen LogP contribution in [0.5, 0.6) is 0 Å². The molecular weight excluding hydrogens is 277 g/mol. The molecule has 5 nitrogen and oxygen atoms in total. The van der Waals surface area contributed by atoms with Gasteiger partial charge in [-0.3, -0.25) is 4.79 Å². The van der Waals surface area contributed by atoms with Gasteiger partial charge in [0.1, 0.15) is 13.1 Å². The first-order valence-electron chi connectivity index (χ1n) is 6.51. The van der Waals surface area contributed by atoms with Gasteiger partial charge in [0.2, 0.25) is 0 Å². The lowest BCUT2D eigenvalue weighted by Crippen LogP contribution is -2.52. The minimum absolute atomic E-state index is 0.123. The van der Waals surface area contributed by atoms with Gasteiger partial charge in [0.15, 0.2) is 0 Å². The molecule has 0 saturated carbocycles. The number of carbonyl (C=O) groups excluding carboxylic acids is 1. The van der Waals surface area contributed by atoms with E-state index in [0.29, 0.717) is 11.3 Å². The van der Waals surface area contributed by atoms with E-state index < -0.39 is 31.3 Å². The summed E-state index contributed by atoms with van der Waals surface area (Å²) in [4.78, 5) is 24.6. The van der Waals surface area contributed by atoms with E-state index in [-0.39, 0.29) is 12.1 Å². The summed E-state index contributed by atoms with van der Waals surface area (Å²) in [5, 5.41) is 8.68. The van der Waals surface area contributed by atoms with Gasteiger partial charge < -0.3 is 14.9 Å². The van der Waals surface area contributed by atoms with Gasteiger partial charge in [-0.25, -0.2) is 4.79 Å². The molecule has 0 aromatic rings. The highest BCUT2D eigenvalue weighted by molar-refractivity contribution is 5.81. The Bertz CT molecular complexity index is 373. The highest BCUT2D eigenvalue weighted by Gasteiger charge is 2.40. The van der Waals surface area contributed by atoms with Crippen LogP contribution in [0.2, 0.25) is 0 Å². The molecular formula is C12H19F3N2O3. The average Bonchev–Trinajstić information content (AvgIpc) is 2.66. The predicted octanol–water partition coefficient (Wildman–Crippen LogP) is 2.32. The van der Waals surface area contributed by atoms with Crippen LogP contribution in [0, 0.1) is 0 Å². The highest BCUT2D eigenvalue weighted by Crippen LogP contribution is 2.28. The number of halogens is 3. The fourth-order valence-electron chi connectivity index (χ4n) is 2.55. The quantitative estimate of drug-likeness (QED) is 0.866. The van der Waals surface area contributed by atoms with E-state index in [1.165, 1.54) is 4.90 Å². The van der Waals surface area contributed by atoms with Crippen LogP contribution >= 0.6 is 0 Å². The molecule has 1 aliphatic heterocycles. The molecule has 1 N–H and O–H groups in total. The summed E-state index contributed by atoms with van der Waals surface area (Å²) in [6, 6.07) is -1.14. The fourth-order valence-corrected chi connectivity index (χ4v) is 2.55. The standard InChI is InChI=1S/C12H19F3N2O3/c1-3-9-5-4-8(2)17(9)11(20)16(6-10(18)19)7-12(13,14)15/h8-9H,3-7H2,1-2H3,(H,18,19). The van der Waals surface area contributed by atoms with E-state index in [2.05, 4.69) is 0 Å². The van der Waals surface area contributed by atoms with Crippen LogP contribution in [0.1, 0.15) is 33.1 Å². The van der Waals surface area contributed by atoms with Gasteiger partial charge in [-0.15, -0.1) is 0 Å². The summed E-state index contributed by atoms with van der Waals surface area (Å²) >= 11 is 0. The van der Waals surface area contributed by atoms with Gasteiger partial charge >= 0.3 is 18.2 Å². The van der Waals surface area contributed by atoms with Crippen molar-refractivity contribution in [3.8, 4) is 0 Å². The summed E-state index contributed by atoms with van der Waals surface area (Å²) in [5.74, 6) is -1.46. The van der Waals surface area contributed by atoms with Crippen molar-refractivity contribution >= 4 is 12.0 Å². The minimum Gasteiger partial charge on any atom is -0.480 e. The van der Waals surface area contributed by atoms with E-state index in [1.807, 2.05) is 6.92 Å². The maximum absolute atomic E-state index is 12.5. The first-order valence-corrected chi connectivity index (χ1v) is 6.51. The Morgan fingerprint density at radius 2 is 1.95 bits per heavy atom. The number of carbonyl (C=O) groups is 2. The van der Waals surface area contributed by atoms with Crippen molar-refractivity contribution in [2.45, 2.75) is 51.4 Å².